The molecular weight excluding hydrogens is 491 g/mol. The van der Waals surface area contributed by atoms with Crippen molar-refractivity contribution in [3.63, 3.8) is 0 Å². The van der Waals surface area contributed by atoms with Crippen LogP contribution in [0.3, 0.4) is 0 Å². The third-order valence-electron chi connectivity index (χ3n) is 5.59. The van der Waals surface area contributed by atoms with E-state index in [1.54, 1.807) is 13.8 Å². The van der Waals surface area contributed by atoms with Crippen molar-refractivity contribution in [2.75, 3.05) is 0 Å². The number of nitrogens with one attached hydrogen (secondary N) is 2. The smallest absolute Gasteiger partial charge is 0.506 e. The van der Waals surface area contributed by atoms with Gasteiger partial charge in [0.15, 0.2) is 6.10 Å². The second kappa shape index (κ2) is 13.7. The van der Waals surface area contributed by atoms with E-state index in [2.05, 4.69) is 20.6 Å². The highest BCUT2D eigenvalue weighted by molar-refractivity contribution is 6.51. The Morgan fingerprint density at radius 2 is 1.82 bits per heavy atom. The molecule has 1 aromatic heterocycles. The predicted octanol–water partition coefficient (Wildman–Crippen LogP) is 1.66. The normalized spacial score (nSPS) is 16.6. The van der Waals surface area contributed by atoms with Crippen molar-refractivity contribution >= 4 is 30.9 Å². The monoisotopic (exact) mass is 524 g/mol. The molecule has 3 rings (SSSR count). The Balaban J connectivity index is 1.74. The average Bonchev–Trinajstić information content (AvgIpc) is 3.23. The molecule has 0 saturated carbocycles. The summed E-state index contributed by atoms with van der Waals surface area (Å²) in [6.07, 6.45) is 3.02. The maximum Gasteiger partial charge on any atom is 0.552 e. The topological polar surface area (TPSA) is 146 Å². The number of rotatable bonds is 12. The Labute approximate surface area is 222 Å². The summed E-state index contributed by atoms with van der Waals surface area (Å²) >= 11 is 0. The van der Waals surface area contributed by atoms with Crippen LogP contribution in [0.15, 0.2) is 48.9 Å². The number of hydrogen-bond acceptors (Lipinski definition) is 9. The summed E-state index contributed by atoms with van der Waals surface area (Å²) in [6, 6.07) is 8.27. The quantitative estimate of drug-likeness (QED) is 0.313. The summed E-state index contributed by atoms with van der Waals surface area (Å²) in [7, 11) is -1.10. The zero-order chi connectivity index (χ0) is 27.7. The lowest BCUT2D eigenvalue weighted by Gasteiger charge is -2.25. The lowest BCUT2D eigenvalue weighted by atomic mass is 9.74. The lowest BCUT2D eigenvalue weighted by molar-refractivity contribution is -0.152. The van der Waals surface area contributed by atoms with E-state index in [-0.39, 0.29) is 30.6 Å². The zero-order valence-electron chi connectivity index (χ0n) is 22.0. The van der Waals surface area contributed by atoms with Gasteiger partial charge < -0.3 is 24.7 Å². The fraction of sp³-hybridized carbons (Fsp3) is 0.462. The summed E-state index contributed by atoms with van der Waals surface area (Å²) in [5.41, 5.74) is 0.904. The molecule has 2 heterocycles. The van der Waals surface area contributed by atoms with Crippen LogP contribution in [-0.4, -0.2) is 65.0 Å². The standard InChI is InChI=1S/C26H33BN4O7/c1-16(2)12-22(27-37-21(26(35)38-27)14-23(32)36-17(3)4)31-24(33)19(13-18-8-6-5-7-9-18)30-25(34)20-15-28-10-11-29-20/h5-11,15-17,19,21-22H,12-14H2,1-4H3,(H,30,34)(H,31,33)/t19?,21?,22-/m0/s1. The van der Waals surface area contributed by atoms with Gasteiger partial charge in [-0.1, -0.05) is 44.2 Å². The number of hydrogen-bond donors (Lipinski definition) is 2. The van der Waals surface area contributed by atoms with Crippen molar-refractivity contribution in [2.24, 2.45) is 5.92 Å². The molecule has 12 heteroatoms. The molecule has 0 aliphatic carbocycles. The van der Waals surface area contributed by atoms with Gasteiger partial charge in [-0.05, 0) is 31.7 Å². The fourth-order valence-corrected chi connectivity index (χ4v) is 3.94. The Bertz CT molecular complexity index is 1100. The molecule has 0 bridgehead atoms. The first-order valence-electron chi connectivity index (χ1n) is 12.6. The van der Waals surface area contributed by atoms with Gasteiger partial charge in [0, 0.05) is 18.8 Å². The van der Waals surface area contributed by atoms with Crippen molar-refractivity contribution in [3.8, 4) is 0 Å². The Morgan fingerprint density at radius 3 is 2.45 bits per heavy atom. The van der Waals surface area contributed by atoms with E-state index in [1.165, 1.54) is 18.6 Å². The summed E-state index contributed by atoms with van der Waals surface area (Å²) in [6.45, 7) is 7.31. The number of benzene rings is 1. The molecule has 2 amide bonds. The van der Waals surface area contributed by atoms with Crippen LogP contribution in [0, 0.1) is 5.92 Å². The first-order chi connectivity index (χ1) is 18.1. The molecule has 11 nitrogen and oxygen atoms in total. The highest BCUT2D eigenvalue weighted by atomic mass is 16.7. The molecule has 1 aliphatic rings. The van der Waals surface area contributed by atoms with Gasteiger partial charge >= 0.3 is 19.1 Å². The van der Waals surface area contributed by atoms with Gasteiger partial charge in [0.05, 0.1) is 24.7 Å². The molecule has 2 unspecified atom stereocenters. The van der Waals surface area contributed by atoms with Gasteiger partial charge in [-0.15, -0.1) is 0 Å². The van der Waals surface area contributed by atoms with E-state index in [1.807, 2.05) is 44.2 Å². The van der Waals surface area contributed by atoms with Crippen molar-refractivity contribution in [1.82, 2.24) is 20.6 Å². The molecule has 0 spiro atoms. The predicted molar refractivity (Wildman–Crippen MR) is 137 cm³/mol. The molecule has 1 fully saturated rings. The molecule has 1 aliphatic heterocycles. The van der Waals surface area contributed by atoms with Crippen LogP contribution in [0.5, 0.6) is 0 Å². The van der Waals surface area contributed by atoms with Crippen LogP contribution in [0.25, 0.3) is 0 Å². The highest BCUT2D eigenvalue weighted by Gasteiger charge is 2.47. The first kappa shape index (κ1) is 28.8. The van der Waals surface area contributed by atoms with E-state index >= 15 is 0 Å². The van der Waals surface area contributed by atoms with E-state index in [4.69, 9.17) is 14.0 Å². The summed E-state index contributed by atoms with van der Waals surface area (Å²) in [4.78, 5) is 58.7. The van der Waals surface area contributed by atoms with Crippen molar-refractivity contribution in [2.45, 2.75) is 71.1 Å². The van der Waals surface area contributed by atoms with Crippen LogP contribution < -0.4 is 10.6 Å². The largest absolute Gasteiger partial charge is 0.552 e. The van der Waals surface area contributed by atoms with E-state index in [0.29, 0.717) is 6.42 Å². The Morgan fingerprint density at radius 1 is 1.08 bits per heavy atom. The minimum absolute atomic E-state index is 0.0706. The minimum Gasteiger partial charge on any atom is -0.506 e. The van der Waals surface area contributed by atoms with Crippen LogP contribution >= 0.6 is 0 Å². The molecule has 202 valence electrons. The number of carbonyl (C=O) groups excluding carboxylic acids is 4. The van der Waals surface area contributed by atoms with Crippen molar-refractivity contribution < 1.29 is 33.2 Å². The maximum atomic E-state index is 13.5. The molecule has 1 saturated heterocycles. The van der Waals surface area contributed by atoms with Crippen molar-refractivity contribution in [3.05, 3.63) is 60.2 Å². The van der Waals surface area contributed by atoms with E-state index in [9.17, 15) is 19.2 Å². The molecule has 0 radical (unpaired) electrons. The van der Waals surface area contributed by atoms with Crippen LogP contribution in [0.4, 0.5) is 0 Å². The van der Waals surface area contributed by atoms with Crippen LogP contribution in [0.1, 0.15) is 56.6 Å². The van der Waals surface area contributed by atoms with Gasteiger partial charge in [0.2, 0.25) is 5.91 Å². The summed E-state index contributed by atoms with van der Waals surface area (Å²) in [5.74, 6) is -2.93. The van der Waals surface area contributed by atoms with Gasteiger partial charge in [-0.2, -0.15) is 0 Å². The minimum atomic E-state index is -1.13. The van der Waals surface area contributed by atoms with Crippen molar-refractivity contribution in [1.29, 1.82) is 0 Å². The summed E-state index contributed by atoms with van der Waals surface area (Å²) < 4.78 is 16.2. The number of esters is 1. The first-order valence-corrected chi connectivity index (χ1v) is 12.6. The number of ether oxygens (including phenoxy) is 1. The van der Waals surface area contributed by atoms with Gasteiger partial charge in [-0.25, -0.2) is 4.98 Å². The third kappa shape index (κ3) is 8.65. The molecule has 3 atom stereocenters. The van der Waals surface area contributed by atoms with E-state index in [0.717, 1.165) is 5.56 Å². The lowest BCUT2D eigenvalue weighted by Crippen LogP contribution is -2.55. The number of aromatic nitrogens is 2. The number of carbonyl (C=O) groups is 4. The second-order valence-electron chi connectivity index (χ2n) is 9.72. The third-order valence-corrected chi connectivity index (χ3v) is 5.59. The van der Waals surface area contributed by atoms with Gasteiger partial charge in [-0.3, -0.25) is 24.2 Å². The maximum absolute atomic E-state index is 13.5. The second-order valence-corrected chi connectivity index (χ2v) is 9.72. The SMILES string of the molecule is CC(C)C[C@H](NC(=O)C(Cc1ccccc1)NC(=O)c1cnccn1)B1OC(=O)C(CC(=O)OC(C)C)O1. The molecule has 38 heavy (non-hydrogen) atoms. The Kier molecular flexibility index (Phi) is 10.3. The van der Waals surface area contributed by atoms with E-state index < -0.39 is 49.0 Å². The zero-order valence-corrected chi connectivity index (χ0v) is 22.0. The van der Waals surface area contributed by atoms with Gasteiger partial charge in [0.1, 0.15) is 11.7 Å². The Hall–Kier alpha value is -3.80. The van der Waals surface area contributed by atoms with Gasteiger partial charge in [0.25, 0.3) is 5.91 Å². The fourth-order valence-electron chi connectivity index (χ4n) is 3.94. The molecule has 1 aromatic carbocycles. The average molecular weight is 524 g/mol. The molecule has 2 aromatic rings. The highest BCUT2D eigenvalue weighted by Crippen LogP contribution is 2.20. The summed E-state index contributed by atoms with van der Waals surface area (Å²) in [5, 5.41) is 5.62. The number of nitrogens with zero attached hydrogens (tertiary/aromatic N) is 2. The number of amides is 2. The molecular formula is C26H33BN4O7. The van der Waals surface area contributed by atoms with Crippen LogP contribution in [-0.2, 0) is 34.9 Å². The van der Waals surface area contributed by atoms with Crippen LogP contribution in [0.2, 0.25) is 0 Å². The molecule has 2 N–H and O–H groups in total.